The molecular weight excluding hydrogens is 423 g/mol. The number of aromatic nitrogens is 2. The number of rotatable bonds is 6. The van der Waals surface area contributed by atoms with Gasteiger partial charge in [0.2, 0.25) is 0 Å². The number of hydrogen-bond acceptors (Lipinski definition) is 7. The summed E-state index contributed by atoms with van der Waals surface area (Å²) in [5.41, 5.74) is 6.38. The van der Waals surface area contributed by atoms with E-state index in [0.717, 1.165) is 12.1 Å². The van der Waals surface area contributed by atoms with E-state index in [0.29, 0.717) is 27.9 Å². The number of nitrogens with zero attached hydrogens (tertiary/aromatic N) is 2. The molecule has 158 valence electrons. The molecule has 0 aliphatic rings. The summed E-state index contributed by atoms with van der Waals surface area (Å²) in [6, 6.07) is 7.67. The molecule has 1 heterocycles. The summed E-state index contributed by atoms with van der Waals surface area (Å²) in [5.74, 6) is 1.33. The fourth-order valence-electron chi connectivity index (χ4n) is 2.56. The van der Waals surface area contributed by atoms with E-state index in [9.17, 15) is 13.2 Å². The maximum atomic E-state index is 12.7. The highest BCUT2D eigenvalue weighted by Crippen LogP contribution is 2.38. The largest absolute Gasteiger partial charge is 0.495 e. The zero-order valence-electron chi connectivity index (χ0n) is 15.8. The van der Waals surface area contributed by atoms with Crippen LogP contribution < -0.4 is 25.8 Å². The van der Waals surface area contributed by atoms with Crippen LogP contribution in [0.4, 0.5) is 41.9 Å². The minimum absolute atomic E-state index is 0.145. The highest BCUT2D eigenvalue weighted by molar-refractivity contribution is 6.32. The molecule has 3 aromatic rings. The number of alkyl halides is 3. The lowest BCUT2D eigenvalue weighted by Gasteiger charge is -2.16. The summed E-state index contributed by atoms with van der Waals surface area (Å²) in [7, 11) is 2.96. The molecule has 11 heteroatoms. The van der Waals surface area contributed by atoms with Crippen molar-refractivity contribution in [3.63, 3.8) is 0 Å². The lowest BCUT2D eigenvalue weighted by atomic mass is 10.2. The monoisotopic (exact) mass is 439 g/mol. The van der Waals surface area contributed by atoms with Crippen LogP contribution in [-0.4, -0.2) is 24.2 Å². The van der Waals surface area contributed by atoms with E-state index in [1.807, 2.05) is 0 Å². The first-order valence-electron chi connectivity index (χ1n) is 8.46. The topological polar surface area (TPSA) is 94.3 Å². The number of hydrogen-bond donors (Lipinski definition) is 3. The van der Waals surface area contributed by atoms with Crippen molar-refractivity contribution in [2.24, 2.45) is 0 Å². The quantitative estimate of drug-likeness (QED) is 0.483. The van der Waals surface area contributed by atoms with Gasteiger partial charge in [-0.3, -0.25) is 0 Å². The Kier molecular flexibility index (Phi) is 6.06. The number of nitrogen functional groups attached to an aromatic ring is 1. The number of nitrogens with two attached hydrogens (primary N) is 1. The lowest BCUT2D eigenvalue weighted by molar-refractivity contribution is -0.137. The van der Waals surface area contributed by atoms with Crippen LogP contribution in [0, 0.1) is 0 Å². The first kappa shape index (κ1) is 21.3. The molecule has 0 atom stereocenters. The van der Waals surface area contributed by atoms with Crippen molar-refractivity contribution >= 4 is 40.3 Å². The van der Waals surface area contributed by atoms with Crippen molar-refractivity contribution in [1.82, 2.24) is 9.97 Å². The minimum atomic E-state index is -4.41. The average molecular weight is 440 g/mol. The molecule has 4 N–H and O–H groups in total. The van der Waals surface area contributed by atoms with Crippen molar-refractivity contribution in [1.29, 1.82) is 0 Å². The van der Waals surface area contributed by atoms with E-state index in [2.05, 4.69) is 20.6 Å². The Morgan fingerprint density at radius 3 is 2.10 bits per heavy atom. The molecule has 0 unspecified atom stereocenters. The molecule has 0 bridgehead atoms. The molecular formula is C19H17ClF3N5O2. The van der Waals surface area contributed by atoms with Gasteiger partial charge in [-0.2, -0.15) is 13.2 Å². The molecule has 0 radical (unpaired) electrons. The number of halogens is 4. The Morgan fingerprint density at radius 1 is 0.933 bits per heavy atom. The van der Waals surface area contributed by atoms with Gasteiger partial charge >= 0.3 is 6.18 Å². The molecule has 0 aliphatic carbocycles. The summed E-state index contributed by atoms with van der Waals surface area (Å²) in [4.78, 5) is 8.15. The average Bonchev–Trinajstić information content (AvgIpc) is 2.71. The van der Waals surface area contributed by atoms with Gasteiger partial charge in [0, 0.05) is 11.8 Å². The van der Waals surface area contributed by atoms with Gasteiger partial charge in [-0.1, -0.05) is 11.6 Å². The Balaban J connectivity index is 1.86. The zero-order chi connectivity index (χ0) is 21.9. The molecule has 0 spiro atoms. The second-order valence-corrected chi connectivity index (χ2v) is 6.40. The van der Waals surface area contributed by atoms with Gasteiger partial charge in [0.1, 0.15) is 23.5 Å². The lowest BCUT2D eigenvalue weighted by Crippen LogP contribution is -2.07. The fraction of sp³-hybridized carbons (Fsp3) is 0.158. The number of methoxy groups -OCH3 is 2. The van der Waals surface area contributed by atoms with Crippen LogP contribution in [0.5, 0.6) is 11.5 Å². The Bertz CT molecular complexity index is 1050. The van der Waals surface area contributed by atoms with Crippen LogP contribution >= 0.6 is 11.6 Å². The summed E-state index contributed by atoms with van der Waals surface area (Å²) < 4.78 is 48.6. The normalized spacial score (nSPS) is 11.1. The molecule has 0 fully saturated rings. The van der Waals surface area contributed by atoms with Crippen LogP contribution in [0.1, 0.15) is 5.56 Å². The van der Waals surface area contributed by atoms with Crippen LogP contribution in [0.25, 0.3) is 0 Å². The fourth-order valence-corrected chi connectivity index (χ4v) is 2.80. The third-order valence-electron chi connectivity index (χ3n) is 4.09. The van der Waals surface area contributed by atoms with E-state index >= 15 is 0 Å². The molecule has 7 nitrogen and oxygen atoms in total. The number of ether oxygens (including phenoxy) is 2. The van der Waals surface area contributed by atoms with Gasteiger partial charge in [0.15, 0.2) is 11.6 Å². The molecule has 2 aromatic carbocycles. The first-order chi connectivity index (χ1) is 14.2. The van der Waals surface area contributed by atoms with Crippen molar-refractivity contribution in [2.45, 2.75) is 6.18 Å². The van der Waals surface area contributed by atoms with Crippen LogP contribution in [0.3, 0.4) is 0 Å². The Morgan fingerprint density at radius 2 is 1.53 bits per heavy atom. The summed E-state index contributed by atoms with van der Waals surface area (Å²) in [6.45, 7) is 0. The summed E-state index contributed by atoms with van der Waals surface area (Å²) >= 11 is 6.17. The van der Waals surface area contributed by atoms with E-state index in [1.165, 1.54) is 32.7 Å². The minimum Gasteiger partial charge on any atom is -0.495 e. The van der Waals surface area contributed by atoms with Crippen molar-refractivity contribution in [3.05, 3.63) is 53.3 Å². The van der Waals surface area contributed by atoms with Gasteiger partial charge < -0.3 is 25.8 Å². The van der Waals surface area contributed by atoms with Crippen LogP contribution in [0.15, 0.2) is 42.7 Å². The SMILES string of the molecule is COc1cc(OC)c(Nc2ncnc(Nc3ccc(C(F)(F)F)cc3)c2N)cc1Cl. The smallest absolute Gasteiger partial charge is 0.416 e. The third kappa shape index (κ3) is 4.60. The van der Waals surface area contributed by atoms with Crippen LogP contribution in [-0.2, 0) is 6.18 Å². The second-order valence-electron chi connectivity index (χ2n) is 6.00. The maximum absolute atomic E-state index is 12.7. The molecule has 0 amide bonds. The zero-order valence-corrected chi connectivity index (χ0v) is 16.6. The Labute approximate surface area is 175 Å². The van der Waals surface area contributed by atoms with E-state index in [-0.39, 0.29) is 17.3 Å². The molecule has 0 saturated heterocycles. The van der Waals surface area contributed by atoms with E-state index in [1.54, 1.807) is 12.1 Å². The first-order valence-corrected chi connectivity index (χ1v) is 8.84. The molecule has 3 rings (SSSR count). The van der Waals surface area contributed by atoms with Crippen LogP contribution in [0.2, 0.25) is 5.02 Å². The van der Waals surface area contributed by atoms with Crippen molar-refractivity contribution < 1.29 is 22.6 Å². The third-order valence-corrected chi connectivity index (χ3v) is 4.38. The second kappa shape index (κ2) is 8.54. The maximum Gasteiger partial charge on any atom is 0.416 e. The predicted molar refractivity (Wildman–Crippen MR) is 109 cm³/mol. The molecule has 0 aliphatic heterocycles. The standard InChI is InChI=1S/C19H17ClF3N5O2/c1-29-14-8-15(30-2)13(7-12(14)20)28-18-16(24)17(25-9-26-18)27-11-5-3-10(4-6-11)19(21,22)23/h3-9H,24H2,1-2H3,(H2,25,26,27,28). The van der Waals surface area contributed by atoms with E-state index < -0.39 is 11.7 Å². The van der Waals surface area contributed by atoms with Gasteiger partial charge in [-0.05, 0) is 30.3 Å². The highest BCUT2D eigenvalue weighted by atomic mass is 35.5. The molecule has 30 heavy (non-hydrogen) atoms. The highest BCUT2D eigenvalue weighted by Gasteiger charge is 2.30. The Hall–Kier alpha value is -3.40. The molecule has 1 aromatic heterocycles. The summed E-state index contributed by atoms with van der Waals surface area (Å²) in [6.07, 6.45) is -3.16. The van der Waals surface area contributed by atoms with Crippen molar-refractivity contribution in [3.8, 4) is 11.5 Å². The van der Waals surface area contributed by atoms with Crippen molar-refractivity contribution in [2.75, 3.05) is 30.6 Å². The number of benzene rings is 2. The van der Waals surface area contributed by atoms with Gasteiger partial charge in [0.25, 0.3) is 0 Å². The van der Waals surface area contributed by atoms with E-state index in [4.69, 9.17) is 26.8 Å². The summed E-state index contributed by atoms with van der Waals surface area (Å²) in [5, 5.41) is 6.23. The molecule has 0 saturated carbocycles. The number of anilines is 5. The van der Waals surface area contributed by atoms with Gasteiger partial charge in [-0.15, -0.1) is 0 Å². The number of nitrogens with one attached hydrogen (secondary N) is 2. The van der Waals surface area contributed by atoms with Gasteiger partial charge in [-0.25, -0.2) is 9.97 Å². The predicted octanol–water partition coefficient (Wildman–Crippen LogP) is 5.24. The van der Waals surface area contributed by atoms with Gasteiger partial charge in [0.05, 0.1) is 30.5 Å².